The number of pyridine rings is 2. The fourth-order valence-corrected chi connectivity index (χ4v) is 11.8. The second-order valence-electron chi connectivity index (χ2n) is 13.3. The van der Waals surface area contributed by atoms with Gasteiger partial charge in [0.25, 0.3) is 0 Å². The first-order valence-electron chi connectivity index (χ1n) is 14.7. The summed E-state index contributed by atoms with van der Waals surface area (Å²) in [6.07, 6.45) is 7.74. The minimum absolute atomic E-state index is 0.157. The molecule has 1 N–H and O–H groups in total. The van der Waals surface area contributed by atoms with E-state index < -0.39 is 24.0 Å². The van der Waals surface area contributed by atoms with E-state index in [0.29, 0.717) is 37.9 Å². The van der Waals surface area contributed by atoms with Crippen LogP contribution in [0.3, 0.4) is 0 Å². The Balaban J connectivity index is 1.34. The SMILES string of the molecule is Cc1[c]([Sn]([CH3])([CH3])[CH3])c(=O)n(C2CCCC2)c2nc(Nc3ccc(N4CCN(C(=O)OC(C)(C)C)CC4)cn3)ncc12. The number of carbonyl (C=O) groups excluding carboxylic acids is 1. The normalized spacial score (nSPS) is 16.9. The van der Waals surface area contributed by atoms with E-state index in [1.807, 2.05) is 49.9 Å². The Bertz CT molecular complexity index is 1480. The molecule has 0 atom stereocenters. The summed E-state index contributed by atoms with van der Waals surface area (Å²) in [5.74, 6) is 1.07. The molecule has 1 aliphatic heterocycles. The number of amides is 1. The van der Waals surface area contributed by atoms with E-state index >= 15 is 0 Å². The van der Waals surface area contributed by atoms with E-state index in [1.165, 1.54) is 0 Å². The Labute approximate surface area is 246 Å². The molecule has 0 aromatic carbocycles. The summed E-state index contributed by atoms with van der Waals surface area (Å²) in [6.45, 7) is 10.3. The van der Waals surface area contributed by atoms with Crippen LogP contribution in [0, 0.1) is 6.92 Å². The number of anilines is 3. The molecule has 10 nitrogen and oxygen atoms in total. The molecule has 1 amide bonds. The number of aryl methyl sites for hydroxylation is 1. The van der Waals surface area contributed by atoms with Crippen molar-refractivity contribution in [1.29, 1.82) is 0 Å². The molecule has 4 heterocycles. The quantitative estimate of drug-likeness (QED) is 0.381. The summed E-state index contributed by atoms with van der Waals surface area (Å²) in [5, 5.41) is 4.22. The van der Waals surface area contributed by atoms with Crippen LogP contribution in [0.2, 0.25) is 14.8 Å². The second kappa shape index (κ2) is 11.4. The average Bonchev–Trinajstić information content (AvgIpc) is 3.42. The first kappa shape index (κ1) is 29.6. The molecule has 1 aliphatic carbocycles. The number of nitrogens with one attached hydrogen (secondary N) is 1. The van der Waals surface area contributed by atoms with Crippen LogP contribution in [0.5, 0.6) is 0 Å². The van der Waals surface area contributed by atoms with Crippen molar-refractivity contribution in [2.24, 2.45) is 0 Å². The Hall–Kier alpha value is -2.89. The van der Waals surface area contributed by atoms with Crippen molar-refractivity contribution in [1.82, 2.24) is 24.4 Å². The zero-order valence-corrected chi connectivity index (χ0v) is 28.3. The third kappa shape index (κ3) is 6.47. The van der Waals surface area contributed by atoms with Crippen LogP contribution in [0.1, 0.15) is 58.1 Å². The van der Waals surface area contributed by atoms with Crippen LogP contribution in [0.15, 0.2) is 29.3 Å². The van der Waals surface area contributed by atoms with Gasteiger partial charge in [0.15, 0.2) is 0 Å². The summed E-state index contributed by atoms with van der Waals surface area (Å²) < 4.78 is 8.53. The molecule has 11 heteroatoms. The van der Waals surface area contributed by atoms with Crippen molar-refractivity contribution in [3.8, 4) is 0 Å². The average molecular weight is 668 g/mol. The van der Waals surface area contributed by atoms with E-state index in [4.69, 9.17) is 9.72 Å². The van der Waals surface area contributed by atoms with Gasteiger partial charge in [-0.25, -0.2) is 4.79 Å². The van der Waals surface area contributed by atoms with Gasteiger partial charge in [-0.2, -0.15) is 0 Å². The van der Waals surface area contributed by atoms with Gasteiger partial charge in [0.1, 0.15) is 5.60 Å². The number of aromatic nitrogens is 4. The predicted molar refractivity (Wildman–Crippen MR) is 167 cm³/mol. The van der Waals surface area contributed by atoms with Crippen LogP contribution in [-0.2, 0) is 4.74 Å². The topological polar surface area (TPSA) is 105 Å². The van der Waals surface area contributed by atoms with Crippen molar-refractivity contribution in [3.63, 3.8) is 0 Å². The molecule has 0 radical (unpaired) electrons. The Morgan fingerprint density at radius 3 is 2.29 bits per heavy atom. The van der Waals surface area contributed by atoms with Crippen molar-refractivity contribution >= 4 is 56.5 Å². The zero-order valence-electron chi connectivity index (χ0n) is 25.5. The Morgan fingerprint density at radius 1 is 1.02 bits per heavy atom. The Kier molecular flexibility index (Phi) is 8.24. The van der Waals surface area contributed by atoms with Gasteiger partial charge in [0, 0.05) is 26.2 Å². The molecule has 3 aromatic rings. The predicted octanol–water partition coefficient (Wildman–Crippen LogP) is 4.96. The molecular formula is C30H43N7O3Sn. The Morgan fingerprint density at radius 2 is 1.71 bits per heavy atom. The fourth-order valence-electron chi connectivity index (χ4n) is 6.01. The molecule has 41 heavy (non-hydrogen) atoms. The van der Waals surface area contributed by atoms with Crippen molar-refractivity contribution < 1.29 is 9.53 Å². The van der Waals surface area contributed by atoms with Crippen LogP contribution < -0.4 is 19.4 Å². The van der Waals surface area contributed by atoms with Crippen molar-refractivity contribution in [2.75, 3.05) is 36.4 Å². The van der Waals surface area contributed by atoms with E-state index in [-0.39, 0.29) is 17.7 Å². The standard InChI is InChI=1S/C27H34N7O3.3CH3.Sn/c1-18-15-23(35)34(19-7-5-6-8-19)24-21(18)17-29-25(31-24)30-22-10-9-20(16-28-22)32-11-13-33(14-12-32)26(36)37-27(2,3)4;;;;/h9-10,16-17,19H,5-8,11-14H2,1-4H3,(H,28,29,30,31);3*1H3;. The van der Waals surface area contributed by atoms with Crippen molar-refractivity contribution in [2.45, 2.75) is 79.8 Å². The molecular weight excluding hydrogens is 625 g/mol. The van der Waals surface area contributed by atoms with Gasteiger partial charge in [0.05, 0.1) is 0 Å². The van der Waals surface area contributed by atoms with E-state index in [0.717, 1.165) is 51.5 Å². The van der Waals surface area contributed by atoms with Gasteiger partial charge < -0.3 is 9.64 Å². The van der Waals surface area contributed by atoms with Crippen molar-refractivity contribution in [3.05, 3.63) is 40.4 Å². The van der Waals surface area contributed by atoms with Gasteiger partial charge in [-0.1, -0.05) is 0 Å². The van der Waals surface area contributed by atoms with Gasteiger partial charge in [-0.05, 0) is 20.8 Å². The summed E-state index contributed by atoms with van der Waals surface area (Å²) in [7, 11) is 0. The number of fused-ring (bicyclic) bond motifs is 1. The summed E-state index contributed by atoms with van der Waals surface area (Å²) in [6, 6.07) is 4.12. The number of hydrogen-bond donors (Lipinski definition) is 1. The third-order valence-electron chi connectivity index (χ3n) is 7.93. The van der Waals surface area contributed by atoms with E-state index in [9.17, 15) is 9.59 Å². The number of ether oxygens (including phenoxy) is 1. The monoisotopic (exact) mass is 669 g/mol. The number of nitrogens with zero attached hydrogens (tertiary/aromatic N) is 6. The van der Waals surface area contributed by atoms with Gasteiger partial charge in [-0.15, -0.1) is 0 Å². The molecule has 0 bridgehead atoms. The third-order valence-corrected chi connectivity index (χ3v) is 13.9. The molecule has 3 aromatic heterocycles. The number of hydrogen-bond acceptors (Lipinski definition) is 8. The number of piperazine rings is 1. The van der Waals surface area contributed by atoms with Gasteiger partial charge >= 0.3 is 180 Å². The molecule has 2 aliphatic rings. The van der Waals surface area contributed by atoms with Crippen LogP contribution in [0.25, 0.3) is 11.0 Å². The molecule has 1 saturated carbocycles. The zero-order chi connectivity index (χ0) is 29.5. The first-order valence-corrected chi connectivity index (χ1v) is 24.7. The minimum atomic E-state index is -2.70. The van der Waals surface area contributed by atoms with Crippen LogP contribution in [-0.4, -0.2) is 80.7 Å². The molecule has 0 unspecified atom stereocenters. The summed E-state index contributed by atoms with van der Waals surface area (Å²) in [5.41, 5.74) is 2.41. The fraction of sp³-hybridized carbons (Fsp3) is 0.567. The summed E-state index contributed by atoms with van der Waals surface area (Å²) >= 11 is -2.70. The van der Waals surface area contributed by atoms with Gasteiger partial charge in [-0.3, -0.25) is 0 Å². The molecule has 1 saturated heterocycles. The molecule has 5 rings (SSSR count). The van der Waals surface area contributed by atoms with Crippen LogP contribution in [0.4, 0.5) is 22.2 Å². The molecule has 0 spiro atoms. The molecule has 220 valence electrons. The number of carbonyl (C=O) groups is 1. The maximum absolute atomic E-state index is 13.9. The van der Waals surface area contributed by atoms with E-state index in [1.54, 1.807) is 4.90 Å². The van der Waals surface area contributed by atoms with Crippen LogP contribution >= 0.6 is 0 Å². The maximum atomic E-state index is 13.9. The first-order chi connectivity index (χ1) is 19.3. The van der Waals surface area contributed by atoms with E-state index in [2.05, 4.69) is 41.9 Å². The number of rotatable bonds is 5. The molecule has 2 fully saturated rings. The summed E-state index contributed by atoms with van der Waals surface area (Å²) in [4.78, 5) is 51.3. The second-order valence-corrected chi connectivity index (χ2v) is 27.5. The van der Waals surface area contributed by atoms with Gasteiger partial charge in [0.2, 0.25) is 0 Å².